The summed E-state index contributed by atoms with van der Waals surface area (Å²) in [5.41, 5.74) is 0. The average Bonchev–Trinajstić information content (AvgIpc) is 3.15. The smallest absolute Gasteiger partial charge is 0.410 e. The number of carbonyl (C=O) groups excluding carboxylic acids is 1. The van der Waals surface area contributed by atoms with Gasteiger partial charge < -0.3 is 9.64 Å². The van der Waals surface area contributed by atoms with Crippen molar-refractivity contribution in [3.63, 3.8) is 0 Å². The molecule has 21 heavy (non-hydrogen) atoms. The van der Waals surface area contributed by atoms with E-state index in [-0.39, 0.29) is 18.2 Å². The van der Waals surface area contributed by atoms with Crippen LogP contribution in [-0.4, -0.2) is 47.3 Å². The molecule has 0 spiro atoms. The molecule has 2 atom stereocenters. The lowest BCUT2D eigenvalue weighted by atomic mass is 10.1. The van der Waals surface area contributed by atoms with Gasteiger partial charge in [-0.3, -0.25) is 4.90 Å². The number of halogens is 1. The van der Waals surface area contributed by atoms with Gasteiger partial charge in [-0.05, 0) is 25.0 Å². The van der Waals surface area contributed by atoms with Crippen molar-refractivity contribution in [3.05, 3.63) is 23.4 Å². The van der Waals surface area contributed by atoms with Gasteiger partial charge >= 0.3 is 6.09 Å². The van der Waals surface area contributed by atoms with Crippen LogP contribution in [0.3, 0.4) is 0 Å². The molecule has 2 aliphatic heterocycles. The maximum Gasteiger partial charge on any atom is 0.410 e. The fourth-order valence-corrected chi connectivity index (χ4v) is 4.09. The van der Waals surface area contributed by atoms with E-state index in [2.05, 4.69) is 9.88 Å². The first-order chi connectivity index (χ1) is 10.2. The van der Waals surface area contributed by atoms with Crippen molar-refractivity contribution in [1.82, 2.24) is 9.88 Å². The molecular formula is C15H18ClN3O2. The Hall–Kier alpha value is -1.49. The van der Waals surface area contributed by atoms with Gasteiger partial charge in [0.25, 0.3) is 0 Å². The second-order valence-electron chi connectivity index (χ2n) is 6.05. The molecule has 0 aromatic carbocycles. The highest BCUT2D eigenvalue weighted by molar-refractivity contribution is 6.32. The van der Waals surface area contributed by atoms with Crippen molar-refractivity contribution >= 4 is 23.5 Å². The Morgan fingerprint density at radius 3 is 2.86 bits per heavy atom. The molecule has 1 amide bonds. The summed E-state index contributed by atoms with van der Waals surface area (Å²) in [7, 11) is 0. The van der Waals surface area contributed by atoms with Gasteiger partial charge in [-0.25, -0.2) is 9.78 Å². The first-order valence-corrected chi connectivity index (χ1v) is 7.96. The van der Waals surface area contributed by atoms with Crippen LogP contribution in [0.1, 0.15) is 25.7 Å². The zero-order valence-corrected chi connectivity index (χ0v) is 12.5. The number of amides is 1. The van der Waals surface area contributed by atoms with Crippen LogP contribution >= 0.6 is 11.6 Å². The number of carbonyl (C=O) groups is 1. The van der Waals surface area contributed by atoms with Gasteiger partial charge in [0.05, 0.1) is 17.6 Å². The fraction of sp³-hybridized carbons (Fsp3) is 0.600. The van der Waals surface area contributed by atoms with Gasteiger partial charge in [-0.1, -0.05) is 24.4 Å². The van der Waals surface area contributed by atoms with E-state index in [4.69, 9.17) is 16.3 Å². The van der Waals surface area contributed by atoms with Gasteiger partial charge in [0.1, 0.15) is 11.9 Å². The minimum absolute atomic E-state index is 0.0591. The Balaban J connectivity index is 1.55. The summed E-state index contributed by atoms with van der Waals surface area (Å²) in [5.74, 6) is 0.788. The highest BCUT2D eigenvalue weighted by Gasteiger charge is 2.50. The van der Waals surface area contributed by atoms with Gasteiger partial charge in [0, 0.05) is 18.8 Å². The summed E-state index contributed by atoms with van der Waals surface area (Å²) in [6.07, 6.45) is 6.17. The van der Waals surface area contributed by atoms with Crippen molar-refractivity contribution in [2.75, 3.05) is 18.0 Å². The molecule has 0 N–H and O–H groups in total. The monoisotopic (exact) mass is 307 g/mol. The summed E-state index contributed by atoms with van der Waals surface area (Å²) in [6.45, 7) is 1.43. The molecule has 0 unspecified atom stereocenters. The predicted octanol–water partition coefficient (Wildman–Crippen LogP) is 2.69. The lowest BCUT2D eigenvalue weighted by Crippen LogP contribution is -2.43. The summed E-state index contributed by atoms with van der Waals surface area (Å²) in [5, 5.41) is 0.649. The summed E-state index contributed by atoms with van der Waals surface area (Å²) < 4.78 is 5.58. The minimum Gasteiger partial charge on any atom is -0.442 e. The van der Waals surface area contributed by atoms with E-state index in [0.717, 1.165) is 25.2 Å². The minimum atomic E-state index is -0.135. The molecule has 4 rings (SSSR count). The van der Waals surface area contributed by atoms with Gasteiger partial charge in [-0.15, -0.1) is 0 Å². The third-order valence-corrected chi connectivity index (χ3v) is 5.11. The largest absolute Gasteiger partial charge is 0.442 e. The molecule has 6 heteroatoms. The van der Waals surface area contributed by atoms with E-state index < -0.39 is 0 Å². The summed E-state index contributed by atoms with van der Waals surface area (Å²) in [4.78, 5) is 20.6. The first kappa shape index (κ1) is 13.2. The topological polar surface area (TPSA) is 45.7 Å². The number of anilines is 1. The van der Waals surface area contributed by atoms with Crippen LogP contribution in [0, 0.1) is 0 Å². The molecule has 1 aromatic rings. The molecular weight excluding hydrogens is 290 g/mol. The second kappa shape index (κ2) is 5.05. The number of hydrogen-bond acceptors (Lipinski definition) is 4. The molecule has 3 aliphatic rings. The summed E-state index contributed by atoms with van der Waals surface area (Å²) in [6, 6.07) is 4.16. The second-order valence-corrected chi connectivity index (χ2v) is 6.46. The van der Waals surface area contributed by atoms with Crippen molar-refractivity contribution in [2.24, 2.45) is 0 Å². The third kappa shape index (κ3) is 2.14. The number of fused-ring (bicyclic) bond motifs is 1. The Kier molecular flexibility index (Phi) is 3.17. The molecule has 2 saturated heterocycles. The number of nitrogens with zero attached hydrogens (tertiary/aromatic N) is 3. The lowest BCUT2D eigenvalue weighted by Gasteiger charge is -2.28. The standard InChI is InChI=1S/C15H18ClN3O2/c16-11-6-3-7-17-14(11)18-8-12-13(9-18)21-15(20)19(12)10-4-1-2-5-10/h3,6-7,10,12-13H,1-2,4-5,8-9H2/t12-,13+/m0/s1. The Morgan fingerprint density at radius 1 is 1.29 bits per heavy atom. The number of ether oxygens (including phenoxy) is 1. The van der Waals surface area contributed by atoms with Crippen LogP contribution in [0.5, 0.6) is 0 Å². The quantitative estimate of drug-likeness (QED) is 0.843. The first-order valence-electron chi connectivity index (χ1n) is 7.58. The van der Waals surface area contributed by atoms with E-state index >= 15 is 0 Å². The van der Waals surface area contributed by atoms with Crippen LogP contribution in [0.15, 0.2) is 18.3 Å². The molecule has 3 heterocycles. The van der Waals surface area contributed by atoms with E-state index in [1.807, 2.05) is 17.0 Å². The van der Waals surface area contributed by atoms with Gasteiger partial charge in [0.2, 0.25) is 0 Å². The molecule has 5 nitrogen and oxygen atoms in total. The molecule has 1 aliphatic carbocycles. The molecule has 112 valence electrons. The van der Waals surface area contributed by atoms with Crippen LogP contribution in [0.2, 0.25) is 5.02 Å². The molecule has 3 fully saturated rings. The zero-order chi connectivity index (χ0) is 14.4. The number of pyridine rings is 1. The SMILES string of the molecule is O=C1O[C@@H]2CN(c3ncccc3Cl)C[C@@H]2N1C1CCCC1. The average molecular weight is 308 g/mol. The Labute approximate surface area is 128 Å². The van der Waals surface area contributed by atoms with E-state index in [1.165, 1.54) is 12.8 Å². The van der Waals surface area contributed by atoms with E-state index in [9.17, 15) is 4.79 Å². The fourth-order valence-electron chi connectivity index (χ4n) is 3.85. The van der Waals surface area contributed by atoms with E-state index in [0.29, 0.717) is 17.6 Å². The van der Waals surface area contributed by atoms with Crippen molar-refractivity contribution in [2.45, 2.75) is 43.9 Å². The highest BCUT2D eigenvalue weighted by Crippen LogP contribution is 2.36. The van der Waals surface area contributed by atoms with Gasteiger partial charge in [-0.2, -0.15) is 0 Å². The molecule has 0 bridgehead atoms. The normalized spacial score (nSPS) is 29.1. The maximum absolute atomic E-state index is 12.1. The number of aromatic nitrogens is 1. The highest BCUT2D eigenvalue weighted by atomic mass is 35.5. The van der Waals surface area contributed by atoms with Crippen LogP contribution in [0.4, 0.5) is 10.6 Å². The van der Waals surface area contributed by atoms with Crippen LogP contribution in [0.25, 0.3) is 0 Å². The summed E-state index contributed by atoms with van der Waals surface area (Å²) >= 11 is 6.23. The molecule has 1 aromatic heterocycles. The van der Waals surface area contributed by atoms with Gasteiger partial charge in [0.15, 0.2) is 0 Å². The van der Waals surface area contributed by atoms with Crippen molar-refractivity contribution < 1.29 is 9.53 Å². The Bertz CT molecular complexity index is 562. The zero-order valence-electron chi connectivity index (χ0n) is 11.7. The van der Waals surface area contributed by atoms with Crippen molar-refractivity contribution in [1.29, 1.82) is 0 Å². The molecule has 1 saturated carbocycles. The third-order valence-electron chi connectivity index (χ3n) is 4.81. The van der Waals surface area contributed by atoms with Crippen LogP contribution in [-0.2, 0) is 4.74 Å². The van der Waals surface area contributed by atoms with Crippen molar-refractivity contribution in [3.8, 4) is 0 Å². The lowest BCUT2D eigenvalue weighted by molar-refractivity contribution is 0.130. The van der Waals surface area contributed by atoms with Crippen LogP contribution < -0.4 is 4.90 Å². The maximum atomic E-state index is 12.1. The van der Waals surface area contributed by atoms with E-state index in [1.54, 1.807) is 6.20 Å². The number of rotatable bonds is 2. The molecule has 0 radical (unpaired) electrons. The number of hydrogen-bond donors (Lipinski definition) is 0. The predicted molar refractivity (Wildman–Crippen MR) is 79.6 cm³/mol. The Morgan fingerprint density at radius 2 is 2.10 bits per heavy atom.